The van der Waals surface area contributed by atoms with Gasteiger partial charge in [0, 0.05) is 24.2 Å². The number of carbonyl (C=O) groups is 1. The maximum Gasteiger partial charge on any atom is 0.315 e. The molecule has 0 spiro atoms. The van der Waals surface area contributed by atoms with Crippen LogP contribution in [0.4, 0.5) is 4.79 Å². The quantitative estimate of drug-likeness (QED) is 0.720. The number of aliphatic hydroxyl groups excluding tert-OH is 1. The number of amides is 2. The number of urea groups is 1. The van der Waals surface area contributed by atoms with Crippen molar-refractivity contribution in [2.24, 2.45) is 5.92 Å². The van der Waals surface area contributed by atoms with Crippen molar-refractivity contribution in [1.82, 2.24) is 15.6 Å². The summed E-state index contributed by atoms with van der Waals surface area (Å²) in [6.45, 7) is 2.16. The molecule has 124 valence electrons. The molecule has 5 nitrogen and oxygen atoms in total. The Morgan fingerprint density at radius 3 is 2.77 bits per heavy atom. The molecule has 3 N–H and O–H groups in total. The van der Waals surface area contributed by atoms with E-state index in [9.17, 15) is 9.90 Å². The Labute approximate surface area is 136 Å². The van der Waals surface area contributed by atoms with Crippen LogP contribution in [-0.2, 0) is 0 Å². The fourth-order valence-electron chi connectivity index (χ4n) is 3.21. The smallest absolute Gasteiger partial charge is 0.315 e. The molecule has 6 heteroatoms. The van der Waals surface area contributed by atoms with Crippen molar-refractivity contribution in [3.05, 3.63) is 16.6 Å². The van der Waals surface area contributed by atoms with Gasteiger partial charge in [0.25, 0.3) is 0 Å². The summed E-state index contributed by atoms with van der Waals surface area (Å²) in [5, 5.41) is 18.2. The van der Waals surface area contributed by atoms with Crippen LogP contribution in [0.15, 0.2) is 11.6 Å². The van der Waals surface area contributed by atoms with E-state index in [1.807, 2.05) is 12.3 Å². The molecule has 2 rings (SSSR count). The van der Waals surface area contributed by atoms with Crippen LogP contribution in [0.3, 0.4) is 0 Å². The zero-order valence-corrected chi connectivity index (χ0v) is 14.1. The van der Waals surface area contributed by atoms with Crippen molar-refractivity contribution in [3.63, 3.8) is 0 Å². The van der Waals surface area contributed by atoms with Gasteiger partial charge >= 0.3 is 6.03 Å². The molecule has 2 amide bonds. The first-order valence-electron chi connectivity index (χ1n) is 8.31. The Bertz CT molecular complexity index is 433. The topological polar surface area (TPSA) is 74.2 Å². The third kappa shape index (κ3) is 4.95. The highest BCUT2D eigenvalue weighted by Gasteiger charge is 2.25. The maximum atomic E-state index is 12.3. The van der Waals surface area contributed by atoms with E-state index in [1.165, 1.54) is 19.3 Å². The lowest BCUT2D eigenvalue weighted by Gasteiger charge is -2.31. The van der Waals surface area contributed by atoms with Gasteiger partial charge in [-0.05, 0) is 31.6 Å². The Balaban J connectivity index is 1.89. The molecule has 0 aliphatic heterocycles. The number of aromatic nitrogens is 1. The molecule has 22 heavy (non-hydrogen) atoms. The molecule has 1 saturated carbocycles. The van der Waals surface area contributed by atoms with Gasteiger partial charge in [-0.1, -0.05) is 26.2 Å². The monoisotopic (exact) mass is 325 g/mol. The van der Waals surface area contributed by atoms with Crippen LogP contribution in [0.5, 0.6) is 0 Å². The van der Waals surface area contributed by atoms with Crippen LogP contribution in [0, 0.1) is 5.92 Å². The minimum absolute atomic E-state index is 0.0406. The van der Waals surface area contributed by atoms with Gasteiger partial charge in [0.2, 0.25) is 0 Å². The van der Waals surface area contributed by atoms with E-state index >= 15 is 0 Å². The highest BCUT2D eigenvalue weighted by molar-refractivity contribution is 7.09. The summed E-state index contributed by atoms with van der Waals surface area (Å²) in [5.74, 6) is 0.492. The molecular formula is C16H27N3O2S. The van der Waals surface area contributed by atoms with Gasteiger partial charge in [-0.15, -0.1) is 11.3 Å². The van der Waals surface area contributed by atoms with Crippen LogP contribution < -0.4 is 10.6 Å². The second-order valence-corrected chi connectivity index (χ2v) is 6.89. The Morgan fingerprint density at radius 2 is 2.18 bits per heavy atom. The van der Waals surface area contributed by atoms with E-state index in [1.54, 1.807) is 17.5 Å². The fourth-order valence-corrected chi connectivity index (χ4v) is 3.99. The minimum atomic E-state index is -0.147. The lowest BCUT2D eigenvalue weighted by atomic mass is 9.83. The van der Waals surface area contributed by atoms with Crippen LogP contribution in [0.2, 0.25) is 0 Å². The third-order valence-corrected chi connectivity index (χ3v) is 5.33. The summed E-state index contributed by atoms with van der Waals surface area (Å²) < 4.78 is 0. The molecule has 1 aromatic rings. The molecule has 0 aromatic carbocycles. The summed E-state index contributed by atoms with van der Waals surface area (Å²) >= 11 is 1.56. The van der Waals surface area contributed by atoms with Crippen molar-refractivity contribution in [2.45, 2.75) is 64.0 Å². The predicted octanol–water partition coefficient (Wildman–Crippen LogP) is 3.22. The zero-order valence-electron chi connectivity index (χ0n) is 13.3. The Kier molecular flexibility index (Phi) is 7.12. The third-order valence-electron chi connectivity index (χ3n) is 4.44. The predicted molar refractivity (Wildman–Crippen MR) is 88.9 cm³/mol. The average molecular weight is 325 g/mol. The first kappa shape index (κ1) is 17.2. The molecular weight excluding hydrogens is 298 g/mol. The number of nitrogens with one attached hydrogen (secondary N) is 2. The minimum Gasteiger partial charge on any atom is -0.396 e. The number of hydrogen-bond donors (Lipinski definition) is 3. The van der Waals surface area contributed by atoms with E-state index in [2.05, 4.69) is 15.6 Å². The molecule has 1 aliphatic rings. The molecule has 1 aliphatic carbocycles. The lowest BCUT2D eigenvalue weighted by molar-refractivity contribution is 0.194. The van der Waals surface area contributed by atoms with Crippen LogP contribution in [-0.4, -0.2) is 28.8 Å². The fraction of sp³-hybridized carbons (Fsp3) is 0.750. The Morgan fingerprint density at radius 1 is 1.41 bits per heavy atom. The van der Waals surface area contributed by atoms with Gasteiger partial charge in [-0.3, -0.25) is 0 Å². The number of carbonyl (C=O) groups excluding carboxylic acids is 1. The molecule has 0 saturated heterocycles. The van der Waals surface area contributed by atoms with E-state index in [0.717, 1.165) is 24.3 Å². The molecule has 1 aromatic heterocycles. The van der Waals surface area contributed by atoms with Crippen molar-refractivity contribution < 1.29 is 9.90 Å². The second kappa shape index (κ2) is 9.10. The van der Waals surface area contributed by atoms with Gasteiger partial charge in [0.15, 0.2) is 0 Å². The number of nitrogens with zero attached hydrogens (tertiary/aromatic N) is 1. The molecule has 2 atom stereocenters. The normalized spacial score (nSPS) is 18.6. The average Bonchev–Trinajstić information content (AvgIpc) is 3.07. The summed E-state index contributed by atoms with van der Waals surface area (Å²) in [4.78, 5) is 16.6. The SMILES string of the molecule is CCC(NC(=O)NC(CCO)C1CCCCC1)c1nccs1. The summed E-state index contributed by atoms with van der Waals surface area (Å²) in [6.07, 6.45) is 9.25. The van der Waals surface area contributed by atoms with E-state index in [-0.39, 0.29) is 24.7 Å². The van der Waals surface area contributed by atoms with Gasteiger partial charge in [-0.2, -0.15) is 0 Å². The van der Waals surface area contributed by atoms with E-state index < -0.39 is 0 Å². The highest BCUT2D eigenvalue weighted by Crippen LogP contribution is 2.28. The van der Waals surface area contributed by atoms with Crippen molar-refractivity contribution in [1.29, 1.82) is 0 Å². The maximum absolute atomic E-state index is 12.3. The highest BCUT2D eigenvalue weighted by atomic mass is 32.1. The van der Waals surface area contributed by atoms with Crippen LogP contribution in [0.1, 0.15) is 62.9 Å². The van der Waals surface area contributed by atoms with Crippen LogP contribution in [0.25, 0.3) is 0 Å². The summed E-state index contributed by atoms with van der Waals surface area (Å²) in [6, 6.07) is -0.119. The number of hydrogen-bond acceptors (Lipinski definition) is 4. The molecule has 0 radical (unpaired) electrons. The first-order valence-corrected chi connectivity index (χ1v) is 9.19. The van der Waals surface area contributed by atoms with E-state index in [4.69, 9.17) is 0 Å². The van der Waals surface area contributed by atoms with Crippen molar-refractivity contribution in [2.75, 3.05) is 6.61 Å². The summed E-state index contributed by atoms with van der Waals surface area (Å²) in [5.41, 5.74) is 0. The molecule has 1 heterocycles. The van der Waals surface area contributed by atoms with Crippen molar-refractivity contribution in [3.8, 4) is 0 Å². The van der Waals surface area contributed by atoms with Crippen molar-refractivity contribution >= 4 is 17.4 Å². The Hall–Kier alpha value is -1.14. The number of rotatable bonds is 7. The van der Waals surface area contributed by atoms with Crippen LogP contribution >= 0.6 is 11.3 Å². The molecule has 1 fully saturated rings. The lowest BCUT2D eigenvalue weighted by Crippen LogP contribution is -2.47. The largest absolute Gasteiger partial charge is 0.396 e. The summed E-state index contributed by atoms with van der Waals surface area (Å²) in [7, 11) is 0. The zero-order chi connectivity index (χ0) is 15.8. The first-order chi connectivity index (χ1) is 10.7. The van der Waals surface area contributed by atoms with Gasteiger partial charge in [0.05, 0.1) is 6.04 Å². The van der Waals surface area contributed by atoms with Gasteiger partial charge < -0.3 is 15.7 Å². The number of aliphatic hydroxyl groups is 1. The van der Waals surface area contributed by atoms with Gasteiger partial charge in [0.1, 0.15) is 5.01 Å². The number of thiazole rings is 1. The molecule has 2 unspecified atom stereocenters. The van der Waals surface area contributed by atoms with E-state index in [0.29, 0.717) is 12.3 Å². The van der Waals surface area contributed by atoms with Gasteiger partial charge in [-0.25, -0.2) is 9.78 Å². The molecule has 0 bridgehead atoms. The second-order valence-electron chi connectivity index (χ2n) is 5.97. The standard InChI is InChI=1S/C16H27N3O2S/c1-2-13(15-17-9-11-22-15)18-16(21)19-14(8-10-20)12-6-4-3-5-7-12/h9,11-14,20H,2-8,10H2,1H3,(H2,18,19,21).